The summed E-state index contributed by atoms with van der Waals surface area (Å²) in [5.74, 6) is 0.967. The highest BCUT2D eigenvalue weighted by Gasteiger charge is 2.00. The number of thioether (sulfide) groups is 1. The van der Waals surface area contributed by atoms with E-state index < -0.39 is 0 Å². The summed E-state index contributed by atoms with van der Waals surface area (Å²) in [6.07, 6.45) is 1.94. The van der Waals surface area contributed by atoms with E-state index in [0.717, 1.165) is 16.4 Å². The molecule has 0 saturated carbocycles. The quantitative estimate of drug-likeness (QED) is 0.656. The minimum Gasteiger partial charge on any atom is -0.399 e. The van der Waals surface area contributed by atoms with Gasteiger partial charge in [-0.3, -0.25) is 0 Å². The van der Waals surface area contributed by atoms with E-state index in [-0.39, 0.29) is 0 Å². The van der Waals surface area contributed by atoms with Crippen molar-refractivity contribution in [3.8, 4) is 0 Å². The van der Waals surface area contributed by atoms with Gasteiger partial charge < -0.3 is 5.73 Å². The van der Waals surface area contributed by atoms with Crippen molar-refractivity contribution in [1.82, 2.24) is 4.98 Å². The molecule has 1 aromatic heterocycles. The second-order valence-electron chi connectivity index (χ2n) is 3.21. The van der Waals surface area contributed by atoms with Gasteiger partial charge in [0.2, 0.25) is 0 Å². The molecule has 0 spiro atoms. The summed E-state index contributed by atoms with van der Waals surface area (Å²) in [7, 11) is 0. The molecule has 0 radical (unpaired) electrons. The number of aromatic nitrogens is 1. The Balaban J connectivity index is 1.99. The van der Waals surface area contributed by atoms with E-state index in [1.54, 1.807) is 23.1 Å². The fourth-order valence-electron chi connectivity index (χ4n) is 1.23. The number of rotatable bonds is 3. The van der Waals surface area contributed by atoms with Crippen LogP contribution in [0.3, 0.4) is 0 Å². The number of benzene rings is 1. The van der Waals surface area contributed by atoms with Crippen LogP contribution < -0.4 is 5.73 Å². The van der Waals surface area contributed by atoms with Crippen molar-refractivity contribution >= 4 is 28.8 Å². The molecule has 0 unspecified atom stereocenters. The highest BCUT2D eigenvalue weighted by Crippen LogP contribution is 2.26. The van der Waals surface area contributed by atoms with Crippen molar-refractivity contribution in [3.05, 3.63) is 40.3 Å². The zero-order valence-electron chi connectivity index (χ0n) is 8.43. The number of hydrogen-bond acceptors (Lipinski definition) is 4. The lowest BCUT2D eigenvalue weighted by atomic mass is 10.3. The van der Waals surface area contributed by atoms with Gasteiger partial charge in [0.05, 0.1) is 5.01 Å². The summed E-state index contributed by atoms with van der Waals surface area (Å²) in [5.41, 5.74) is 6.53. The first-order valence-corrected chi connectivity index (χ1v) is 6.44. The molecular formula is C11H12N2S2. The van der Waals surface area contributed by atoms with Crippen LogP contribution in [0, 0.1) is 6.92 Å². The second kappa shape index (κ2) is 4.68. The maximum Gasteiger partial charge on any atom is 0.0897 e. The monoisotopic (exact) mass is 236 g/mol. The highest BCUT2D eigenvalue weighted by atomic mass is 32.2. The molecule has 4 heteroatoms. The number of hydrogen-bond donors (Lipinski definition) is 1. The molecule has 0 aliphatic heterocycles. The predicted octanol–water partition coefficient (Wildman–Crippen LogP) is 3.33. The summed E-state index contributed by atoms with van der Waals surface area (Å²) in [4.78, 5) is 6.74. The van der Waals surface area contributed by atoms with Crippen LogP contribution in [0.15, 0.2) is 35.4 Å². The third-order valence-electron chi connectivity index (χ3n) is 1.91. The van der Waals surface area contributed by atoms with Crippen molar-refractivity contribution in [2.75, 3.05) is 5.73 Å². The highest BCUT2D eigenvalue weighted by molar-refractivity contribution is 7.98. The molecule has 15 heavy (non-hydrogen) atoms. The third-order valence-corrected chi connectivity index (χ3v) is 4.05. The predicted molar refractivity (Wildman–Crippen MR) is 67.3 cm³/mol. The Morgan fingerprint density at radius 1 is 1.47 bits per heavy atom. The van der Waals surface area contributed by atoms with Crippen LogP contribution in [0.4, 0.5) is 5.69 Å². The zero-order chi connectivity index (χ0) is 10.7. The molecule has 0 aliphatic carbocycles. The molecule has 0 fully saturated rings. The van der Waals surface area contributed by atoms with Crippen LogP contribution in [-0.4, -0.2) is 4.98 Å². The lowest BCUT2D eigenvalue weighted by Crippen LogP contribution is -1.83. The largest absolute Gasteiger partial charge is 0.399 e. The van der Waals surface area contributed by atoms with Crippen molar-refractivity contribution in [2.45, 2.75) is 17.6 Å². The molecule has 78 valence electrons. The van der Waals surface area contributed by atoms with Crippen molar-refractivity contribution in [2.24, 2.45) is 0 Å². The summed E-state index contributed by atoms with van der Waals surface area (Å²) >= 11 is 3.54. The SMILES string of the molecule is Cc1ncc(CSc2cccc(N)c2)s1. The minimum atomic E-state index is 0.820. The van der Waals surface area contributed by atoms with Gasteiger partial charge >= 0.3 is 0 Å². The maximum absolute atomic E-state index is 5.71. The number of thiazole rings is 1. The van der Waals surface area contributed by atoms with Crippen molar-refractivity contribution < 1.29 is 0 Å². The van der Waals surface area contributed by atoms with Gasteiger partial charge in [0, 0.05) is 27.4 Å². The topological polar surface area (TPSA) is 38.9 Å². The lowest BCUT2D eigenvalue weighted by molar-refractivity contribution is 1.28. The first-order valence-electron chi connectivity index (χ1n) is 4.64. The molecule has 0 saturated heterocycles. The molecule has 0 atom stereocenters. The number of aryl methyl sites for hydroxylation is 1. The molecule has 0 aliphatic rings. The smallest absolute Gasteiger partial charge is 0.0897 e. The van der Waals surface area contributed by atoms with Crippen molar-refractivity contribution in [3.63, 3.8) is 0 Å². The van der Waals surface area contributed by atoms with E-state index in [9.17, 15) is 0 Å². The average molecular weight is 236 g/mol. The number of nitrogens with two attached hydrogens (primary N) is 1. The van der Waals surface area contributed by atoms with Crippen molar-refractivity contribution in [1.29, 1.82) is 0 Å². The second-order valence-corrected chi connectivity index (χ2v) is 5.57. The van der Waals surface area contributed by atoms with Gasteiger partial charge in [-0.05, 0) is 25.1 Å². The van der Waals surface area contributed by atoms with E-state index >= 15 is 0 Å². The van der Waals surface area contributed by atoms with Gasteiger partial charge in [-0.2, -0.15) is 0 Å². The molecule has 2 rings (SSSR count). The molecule has 0 bridgehead atoms. The molecular weight excluding hydrogens is 224 g/mol. The Morgan fingerprint density at radius 2 is 2.33 bits per heavy atom. The van der Waals surface area contributed by atoms with Gasteiger partial charge in [-0.25, -0.2) is 4.98 Å². The van der Waals surface area contributed by atoms with E-state index in [0.29, 0.717) is 0 Å². The molecule has 2 nitrogen and oxygen atoms in total. The molecule has 1 aromatic carbocycles. The van der Waals surface area contributed by atoms with Gasteiger partial charge in [0.15, 0.2) is 0 Å². The standard InChI is InChI=1S/C11H12N2S2/c1-8-13-6-11(15-8)7-14-10-4-2-3-9(12)5-10/h2-6H,7,12H2,1H3. The number of anilines is 1. The fourth-order valence-corrected chi connectivity index (χ4v) is 3.01. The fraction of sp³-hybridized carbons (Fsp3) is 0.182. The first kappa shape index (κ1) is 10.5. The average Bonchev–Trinajstić information content (AvgIpc) is 2.62. The Labute approximate surface area is 97.5 Å². The Bertz CT molecular complexity index is 451. The minimum absolute atomic E-state index is 0.820. The lowest BCUT2D eigenvalue weighted by Gasteiger charge is -2.00. The van der Waals surface area contributed by atoms with Gasteiger partial charge in [0.1, 0.15) is 0 Å². The summed E-state index contributed by atoms with van der Waals surface area (Å²) < 4.78 is 0. The normalized spacial score (nSPS) is 10.5. The number of nitrogens with zero attached hydrogens (tertiary/aromatic N) is 1. The molecule has 2 N–H and O–H groups in total. The first-order chi connectivity index (χ1) is 7.24. The van der Waals surface area contributed by atoms with E-state index in [1.165, 1.54) is 9.77 Å². The summed E-state index contributed by atoms with van der Waals surface area (Å²) in [5, 5.41) is 1.12. The van der Waals surface area contributed by atoms with Crippen LogP contribution in [0.5, 0.6) is 0 Å². The number of nitrogen functional groups attached to an aromatic ring is 1. The van der Waals surface area contributed by atoms with Crippen LogP contribution in [-0.2, 0) is 5.75 Å². The molecule has 0 amide bonds. The van der Waals surface area contributed by atoms with Gasteiger partial charge in [0.25, 0.3) is 0 Å². The maximum atomic E-state index is 5.71. The zero-order valence-corrected chi connectivity index (χ0v) is 10.1. The van der Waals surface area contributed by atoms with E-state index in [1.807, 2.05) is 31.3 Å². The third kappa shape index (κ3) is 2.97. The van der Waals surface area contributed by atoms with Gasteiger partial charge in [-0.15, -0.1) is 23.1 Å². The molecule has 2 aromatic rings. The van der Waals surface area contributed by atoms with Crippen LogP contribution >= 0.6 is 23.1 Å². The van der Waals surface area contributed by atoms with Crippen LogP contribution in [0.1, 0.15) is 9.88 Å². The Morgan fingerprint density at radius 3 is 3.00 bits per heavy atom. The van der Waals surface area contributed by atoms with Gasteiger partial charge in [-0.1, -0.05) is 6.07 Å². The van der Waals surface area contributed by atoms with E-state index in [2.05, 4.69) is 11.1 Å². The van der Waals surface area contributed by atoms with Crippen LogP contribution in [0.25, 0.3) is 0 Å². The van der Waals surface area contributed by atoms with E-state index in [4.69, 9.17) is 5.73 Å². The summed E-state index contributed by atoms with van der Waals surface area (Å²) in [6.45, 7) is 2.03. The molecule has 1 heterocycles. The summed E-state index contributed by atoms with van der Waals surface area (Å²) in [6, 6.07) is 7.96. The van der Waals surface area contributed by atoms with Crippen LogP contribution in [0.2, 0.25) is 0 Å². The Kier molecular flexibility index (Phi) is 3.28. The Hall–Kier alpha value is -1.00.